The highest BCUT2D eigenvalue weighted by molar-refractivity contribution is 6.02. The Morgan fingerprint density at radius 2 is 1.53 bits per heavy atom. The van der Waals surface area contributed by atoms with E-state index < -0.39 is 0 Å². The quantitative estimate of drug-likeness (QED) is 0.583. The minimum absolute atomic E-state index is 0.0210. The standard InChI is InChI=1S/C18H14O/c1-15(19)18(14-17-10-6-3-7-11-17)13-12-16-8-4-2-5-9-16/h2-11,14H,1H3/b18-14+. The molecule has 19 heavy (non-hydrogen) atoms. The van der Waals surface area contributed by atoms with Crippen LogP contribution in [-0.2, 0) is 4.79 Å². The van der Waals surface area contributed by atoms with Gasteiger partial charge < -0.3 is 0 Å². The van der Waals surface area contributed by atoms with E-state index in [0.29, 0.717) is 5.57 Å². The Labute approximate surface area is 113 Å². The predicted molar refractivity (Wildman–Crippen MR) is 78.4 cm³/mol. The van der Waals surface area contributed by atoms with Crippen LogP contribution < -0.4 is 0 Å². The number of rotatable bonds is 2. The third kappa shape index (κ3) is 3.97. The maximum absolute atomic E-state index is 11.6. The van der Waals surface area contributed by atoms with E-state index in [1.807, 2.05) is 66.7 Å². The first-order chi connectivity index (χ1) is 9.25. The fraction of sp³-hybridized carbons (Fsp3) is 0.0556. The summed E-state index contributed by atoms with van der Waals surface area (Å²) in [5, 5.41) is 0. The molecule has 0 amide bonds. The molecule has 1 heteroatoms. The van der Waals surface area contributed by atoms with Crippen LogP contribution in [0.5, 0.6) is 0 Å². The number of benzene rings is 2. The molecule has 0 saturated heterocycles. The Morgan fingerprint density at radius 3 is 2.11 bits per heavy atom. The molecule has 92 valence electrons. The molecule has 0 saturated carbocycles. The number of carbonyl (C=O) groups excluding carboxylic acids is 1. The van der Waals surface area contributed by atoms with Gasteiger partial charge >= 0.3 is 0 Å². The van der Waals surface area contributed by atoms with Crippen molar-refractivity contribution in [2.75, 3.05) is 0 Å². The predicted octanol–water partition coefficient (Wildman–Crippen LogP) is 3.71. The molecule has 0 unspecified atom stereocenters. The third-order valence-electron chi connectivity index (χ3n) is 2.61. The number of allylic oxidation sites excluding steroid dienone is 1. The fourth-order valence-corrected chi connectivity index (χ4v) is 1.60. The SMILES string of the molecule is CC(=O)/C(C#Cc1ccccc1)=C/c1ccccc1. The average molecular weight is 246 g/mol. The van der Waals surface area contributed by atoms with Gasteiger partial charge in [-0.3, -0.25) is 4.79 Å². The average Bonchev–Trinajstić information content (AvgIpc) is 2.45. The van der Waals surface area contributed by atoms with Gasteiger partial charge in [0.1, 0.15) is 0 Å². The largest absolute Gasteiger partial charge is 0.294 e. The van der Waals surface area contributed by atoms with Crippen LogP contribution in [0.25, 0.3) is 6.08 Å². The Morgan fingerprint density at radius 1 is 0.947 bits per heavy atom. The second kappa shape index (κ2) is 6.37. The summed E-state index contributed by atoms with van der Waals surface area (Å²) in [7, 11) is 0. The third-order valence-corrected chi connectivity index (χ3v) is 2.61. The lowest BCUT2D eigenvalue weighted by atomic mass is 10.1. The molecule has 1 nitrogen and oxygen atoms in total. The number of hydrogen-bond acceptors (Lipinski definition) is 1. The van der Waals surface area contributed by atoms with E-state index in [4.69, 9.17) is 0 Å². The highest BCUT2D eigenvalue weighted by Crippen LogP contribution is 2.07. The van der Waals surface area contributed by atoms with E-state index >= 15 is 0 Å². The van der Waals surface area contributed by atoms with Gasteiger partial charge in [-0.05, 0) is 30.7 Å². The molecule has 2 aromatic carbocycles. The summed E-state index contributed by atoms with van der Waals surface area (Å²) in [6.07, 6.45) is 1.82. The van der Waals surface area contributed by atoms with Crippen molar-refractivity contribution in [3.63, 3.8) is 0 Å². The maximum atomic E-state index is 11.6. The minimum Gasteiger partial charge on any atom is -0.294 e. The molecular formula is C18H14O. The molecule has 0 atom stereocenters. The molecule has 0 bridgehead atoms. The van der Waals surface area contributed by atoms with E-state index in [1.54, 1.807) is 0 Å². The number of Topliss-reactive ketones (excluding diaryl/α,β-unsaturated/α-hetero) is 1. The normalized spacial score (nSPS) is 10.5. The van der Waals surface area contributed by atoms with Gasteiger partial charge in [0.05, 0.1) is 5.57 Å². The summed E-state index contributed by atoms with van der Waals surface area (Å²) in [4.78, 5) is 11.6. The topological polar surface area (TPSA) is 17.1 Å². The molecule has 0 radical (unpaired) electrons. The monoisotopic (exact) mass is 246 g/mol. The summed E-state index contributed by atoms with van der Waals surface area (Å²) in [5.41, 5.74) is 2.41. The van der Waals surface area contributed by atoms with Crippen LogP contribution in [0.15, 0.2) is 66.2 Å². The molecule has 0 aliphatic heterocycles. The lowest BCUT2D eigenvalue weighted by Gasteiger charge is -1.95. The van der Waals surface area contributed by atoms with Crippen molar-refractivity contribution >= 4 is 11.9 Å². The van der Waals surface area contributed by atoms with Gasteiger partial charge in [0.15, 0.2) is 5.78 Å². The first-order valence-corrected chi connectivity index (χ1v) is 6.10. The molecule has 0 aliphatic rings. The summed E-state index contributed by atoms with van der Waals surface area (Å²) in [6.45, 7) is 1.54. The molecular weight excluding hydrogens is 232 g/mol. The van der Waals surface area contributed by atoms with Crippen molar-refractivity contribution in [1.29, 1.82) is 0 Å². The summed E-state index contributed by atoms with van der Waals surface area (Å²) in [6, 6.07) is 19.4. The van der Waals surface area contributed by atoms with E-state index in [-0.39, 0.29) is 5.78 Å². The molecule has 0 aliphatic carbocycles. The molecule has 0 aromatic heterocycles. The van der Waals surface area contributed by atoms with Crippen LogP contribution in [0.2, 0.25) is 0 Å². The van der Waals surface area contributed by atoms with Crippen LogP contribution >= 0.6 is 0 Å². The minimum atomic E-state index is -0.0210. The second-order valence-corrected chi connectivity index (χ2v) is 4.14. The zero-order valence-electron chi connectivity index (χ0n) is 10.8. The lowest BCUT2D eigenvalue weighted by molar-refractivity contribution is -0.113. The fourth-order valence-electron chi connectivity index (χ4n) is 1.60. The van der Waals surface area contributed by atoms with Crippen LogP contribution in [0.3, 0.4) is 0 Å². The smallest absolute Gasteiger partial charge is 0.168 e. The Kier molecular flexibility index (Phi) is 4.31. The van der Waals surface area contributed by atoms with Gasteiger partial charge in [0, 0.05) is 5.56 Å². The summed E-state index contributed by atoms with van der Waals surface area (Å²) >= 11 is 0. The van der Waals surface area contributed by atoms with Crippen molar-refractivity contribution in [1.82, 2.24) is 0 Å². The maximum Gasteiger partial charge on any atom is 0.168 e. The highest BCUT2D eigenvalue weighted by Gasteiger charge is 1.99. The van der Waals surface area contributed by atoms with Crippen LogP contribution in [0.1, 0.15) is 18.1 Å². The Bertz CT molecular complexity index is 640. The van der Waals surface area contributed by atoms with Gasteiger partial charge in [-0.1, -0.05) is 60.4 Å². The second-order valence-electron chi connectivity index (χ2n) is 4.14. The van der Waals surface area contributed by atoms with E-state index in [9.17, 15) is 4.79 Å². The Hall–Kier alpha value is -2.59. The van der Waals surface area contributed by atoms with E-state index in [2.05, 4.69) is 11.8 Å². The van der Waals surface area contributed by atoms with E-state index in [1.165, 1.54) is 6.92 Å². The summed E-state index contributed by atoms with van der Waals surface area (Å²) < 4.78 is 0. The van der Waals surface area contributed by atoms with Gasteiger partial charge in [0.25, 0.3) is 0 Å². The van der Waals surface area contributed by atoms with Gasteiger partial charge in [-0.2, -0.15) is 0 Å². The molecule has 0 spiro atoms. The first kappa shape index (κ1) is 12.9. The molecule has 0 fully saturated rings. The molecule has 2 rings (SSSR count). The number of ketones is 1. The van der Waals surface area contributed by atoms with Crippen molar-refractivity contribution in [2.24, 2.45) is 0 Å². The van der Waals surface area contributed by atoms with Crippen molar-refractivity contribution in [3.05, 3.63) is 77.4 Å². The summed E-state index contributed by atoms with van der Waals surface area (Å²) in [5.74, 6) is 5.93. The zero-order chi connectivity index (χ0) is 13.5. The van der Waals surface area contributed by atoms with Gasteiger partial charge in [0.2, 0.25) is 0 Å². The van der Waals surface area contributed by atoms with Crippen LogP contribution in [-0.4, -0.2) is 5.78 Å². The van der Waals surface area contributed by atoms with Crippen LogP contribution in [0, 0.1) is 11.8 Å². The number of hydrogen-bond donors (Lipinski definition) is 0. The lowest BCUT2D eigenvalue weighted by Crippen LogP contribution is -1.93. The Balaban J connectivity index is 2.31. The van der Waals surface area contributed by atoms with Crippen molar-refractivity contribution in [2.45, 2.75) is 6.92 Å². The van der Waals surface area contributed by atoms with Gasteiger partial charge in [-0.25, -0.2) is 0 Å². The zero-order valence-corrected chi connectivity index (χ0v) is 10.8. The van der Waals surface area contributed by atoms with Gasteiger partial charge in [-0.15, -0.1) is 0 Å². The van der Waals surface area contributed by atoms with Crippen molar-refractivity contribution < 1.29 is 4.79 Å². The number of carbonyl (C=O) groups is 1. The molecule has 2 aromatic rings. The molecule has 0 heterocycles. The van der Waals surface area contributed by atoms with E-state index in [0.717, 1.165) is 11.1 Å². The first-order valence-electron chi connectivity index (χ1n) is 6.10. The van der Waals surface area contributed by atoms with Crippen molar-refractivity contribution in [3.8, 4) is 11.8 Å². The molecule has 0 N–H and O–H groups in total. The van der Waals surface area contributed by atoms with Crippen LogP contribution in [0.4, 0.5) is 0 Å². The highest BCUT2D eigenvalue weighted by atomic mass is 16.1.